The highest BCUT2D eigenvalue weighted by atomic mass is 16.6. The minimum Gasteiger partial charge on any atom is -0.466 e. The molecule has 3 rings (SSSR count). The van der Waals surface area contributed by atoms with Gasteiger partial charge in [0.15, 0.2) is 0 Å². The van der Waals surface area contributed by atoms with Gasteiger partial charge in [0, 0.05) is 12.6 Å². The average molecular weight is 316 g/mol. The molecule has 2 heterocycles. The van der Waals surface area contributed by atoms with Crippen LogP contribution in [0, 0.1) is 0 Å². The number of ether oxygens (including phenoxy) is 2. The van der Waals surface area contributed by atoms with Crippen LogP contribution in [0.4, 0.5) is 4.79 Å². The van der Waals surface area contributed by atoms with Gasteiger partial charge in [-0.3, -0.25) is 9.69 Å². The molecule has 0 unspecified atom stereocenters. The predicted molar refractivity (Wildman–Crippen MR) is 79.2 cm³/mol. The van der Waals surface area contributed by atoms with E-state index in [0.29, 0.717) is 5.57 Å². The van der Waals surface area contributed by atoms with E-state index in [1.165, 1.54) is 18.1 Å². The van der Waals surface area contributed by atoms with Crippen LogP contribution in [0.5, 0.6) is 0 Å². The summed E-state index contributed by atoms with van der Waals surface area (Å²) in [6.45, 7) is 0.294. The van der Waals surface area contributed by atoms with Gasteiger partial charge >= 0.3 is 12.1 Å². The van der Waals surface area contributed by atoms with Gasteiger partial charge in [-0.1, -0.05) is 30.3 Å². The minimum atomic E-state index is -0.617. The SMILES string of the molecule is COC(=O)/C=C1/CN(C(=O)OCc2ccccc2)[C@@H]2C(=O)N[C@H]12. The van der Waals surface area contributed by atoms with Crippen molar-refractivity contribution in [2.45, 2.75) is 18.7 Å². The topological polar surface area (TPSA) is 84.9 Å². The number of carbonyl (C=O) groups excluding carboxylic acids is 3. The molecule has 0 saturated carbocycles. The number of β-lactam (4-membered cyclic amide) rings is 1. The Balaban J connectivity index is 1.67. The Morgan fingerprint density at radius 3 is 2.74 bits per heavy atom. The van der Waals surface area contributed by atoms with Gasteiger partial charge in [0.25, 0.3) is 0 Å². The highest BCUT2D eigenvalue weighted by Crippen LogP contribution is 2.30. The number of hydrogen-bond donors (Lipinski definition) is 1. The maximum Gasteiger partial charge on any atom is 0.411 e. The Morgan fingerprint density at radius 2 is 2.09 bits per heavy atom. The predicted octanol–water partition coefficient (Wildman–Crippen LogP) is 0.605. The van der Waals surface area contributed by atoms with Gasteiger partial charge in [-0.25, -0.2) is 9.59 Å². The Labute approximate surface area is 132 Å². The van der Waals surface area contributed by atoms with E-state index in [4.69, 9.17) is 4.74 Å². The zero-order valence-electron chi connectivity index (χ0n) is 12.5. The molecule has 7 nitrogen and oxygen atoms in total. The molecule has 2 saturated heterocycles. The fourth-order valence-corrected chi connectivity index (χ4v) is 2.71. The smallest absolute Gasteiger partial charge is 0.411 e. The molecular weight excluding hydrogens is 300 g/mol. The van der Waals surface area contributed by atoms with E-state index >= 15 is 0 Å². The molecule has 2 aliphatic heterocycles. The quantitative estimate of drug-likeness (QED) is 0.501. The van der Waals surface area contributed by atoms with E-state index in [1.54, 1.807) is 0 Å². The molecule has 2 atom stereocenters. The van der Waals surface area contributed by atoms with Crippen molar-refractivity contribution in [2.24, 2.45) is 0 Å². The van der Waals surface area contributed by atoms with Crippen LogP contribution < -0.4 is 5.32 Å². The monoisotopic (exact) mass is 316 g/mol. The molecule has 2 aliphatic rings. The molecule has 0 bridgehead atoms. The number of nitrogens with zero attached hydrogens (tertiary/aromatic N) is 1. The summed E-state index contributed by atoms with van der Waals surface area (Å²) in [5, 5.41) is 2.68. The second kappa shape index (κ2) is 6.12. The summed E-state index contributed by atoms with van der Waals surface area (Å²) in [4.78, 5) is 36.6. The van der Waals surface area contributed by atoms with Crippen molar-refractivity contribution in [3.63, 3.8) is 0 Å². The van der Waals surface area contributed by atoms with E-state index in [9.17, 15) is 14.4 Å². The van der Waals surface area contributed by atoms with Gasteiger partial charge in [0.05, 0.1) is 13.2 Å². The largest absolute Gasteiger partial charge is 0.466 e. The summed E-state index contributed by atoms with van der Waals surface area (Å²) in [5.74, 6) is -0.765. The first-order valence-corrected chi connectivity index (χ1v) is 7.16. The van der Waals surface area contributed by atoms with Crippen molar-refractivity contribution in [1.29, 1.82) is 0 Å². The number of methoxy groups -OCH3 is 1. The van der Waals surface area contributed by atoms with Gasteiger partial charge in [0.1, 0.15) is 12.6 Å². The summed E-state index contributed by atoms with van der Waals surface area (Å²) >= 11 is 0. The van der Waals surface area contributed by atoms with Crippen LogP contribution in [0.2, 0.25) is 0 Å². The Bertz CT molecular complexity index is 670. The van der Waals surface area contributed by atoms with E-state index < -0.39 is 18.1 Å². The lowest BCUT2D eigenvalue weighted by atomic mass is 9.96. The van der Waals surface area contributed by atoms with Crippen molar-refractivity contribution >= 4 is 18.0 Å². The highest BCUT2D eigenvalue weighted by Gasteiger charge is 2.53. The first-order valence-electron chi connectivity index (χ1n) is 7.16. The molecule has 120 valence electrons. The molecule has 23 heavy (non-hydrogen) atoms. The lowest BCUT2D eigenvalue weighted by Gasteiger charge is -2.34. The van der Waals surface area contributed by atoms with Crippen LogP contribution in [-0.4, -0.2) is 48.6 Å². The average Bonchev–Trinajstić information content (AvgIpc) is 2.85. The number of amides is 2. The van der Waals surface area contributed by atoms with E-state index in [-0.39, 0.29) is 25.1 Å². The number of esters is 1. The highest BCUT2D eigenvalue weighted by molar-refractivity contribution is 5.96. The van der Waals surface area contributed by atoms with Crippen LogP contribution in [-0.2, 0) is 25.7 Å². The maximum absolute atomic E-state index is 12.2. The fraction of sp³-hybridized carbons (Fsp3) is 0.312. The number of carbonyl (C=O) groups is 3. The maximum atomic E-state index is 12.2. The number of likely N-dealkylation sites (tertiary alicyclic amines) is 1. The first-order chi connectivity index (χ1) is 11.1. The molecule has 2 amide bonds. The number of benzene rings is 1. The van der Waals surface area contributed by atoms with Gasteiger partial charge in [-0.15, -0.1) is 0 Å². The van der Waals surface area contributed by atoms with Gasteiger partial charge in [-0.2, -0.15) is 0 Å². The second-order valence-electron chi connectivity index (χ2n) is 5.34. The van der Waals surface area contributed by atoms with Gasteiger partial charge in [-0.05, 0) is 11.1 Å². The summed E-state index contributed by atoms with van der Waals surface area (Å²) < 4.78 is 9.84. The molecular formula is C16H16N2O5. The molecule has 0 radical (unpaired) electrons. The molecule has 1 aromatic rings. The van der Waals surface area contributed by atoms with E-state index in [1.807, 2.05) is 30.3 Å². The molecule has 1 N–H and O–H groups in total. The summed E-state index contributed by atoms with van der Waals surface area (Å²) in [5.41, 5.74) is 1.50. The van der Waals surface area contributed by atoms with Gasteiger partial charge < -0.3 is 14.8 Å². The van der Waals surface area contributed by atoms with Crippen molar-refractivity contribution in [3.8, 4) is 0 Å². The zero-order chi connectivity index (χ0) is 16.4. The zero-order valence-corrected chi connectivity index (χ0v) is 12.5. The molecule has 7 heteroatoms. The first kappa shape index (κ1) is 15.1. The second-order valence-corrected chi connectivity index (χ2v) is 5.34. The molecule has 1 aromatic carbocycles. The molecule has 0 aromatic heterocycles. The van der Waals surface area contributed by atoms with E-state index in [2.05, 4.69) is 10.1 Å². The third kappa shape index (κ3) is 2.90. The molecule has 2 fully saturated rings. The number of nitrogens with one attached hydrogen (secondary N) is 1. The fourth-order valence-electron chi connectivity index (χ4n) is 2.71. The number of hydrogen-bond acceptors (Lipinski definition) is 5. The van der Waals surface area contributed by atoms with Crippen molar-refractivity contribution in [2.75, 3.05) is 13.7 Å². The number of rotatable bonds is 3. The van der Waals surface area contributed by atoms with E-state index in [0.717, 1.165) is 5.56 Å². The standard InChI is InChI=1S/C16H16N2O5/c1-22-12(19)7-11-8-18(14-13(11)17-15(14)20)16(21)23-9-10-5-3-2-4-6-10/h2-7,13-14H,8-9H2,1H3,(H,17,20)/b11-7-/t13-,14+/m1/s1. The Hall–Kier alpha value is -2.83. The third-order valence-electron chi connectivity index (χ3n) is 3.91. The van der Waals surface area contributed by atoms with Crippen LogP contribution in [0.3, 0.4) is 0 Å². The van der Waals surface area contributed by atoms with Crippen LogP contribution in [0.15, 0.2) is 42.0 Å². The lowest BCUT2D eigenvalue weighted by Crippen LogP contribution is -2.65. The van der Waals surface area contributed by atoms with Crippen molar-refractivity contribution < 1.29 is 23.9 Å². The summed E-state index contributed by atoms with van der Waals surface area (Å²) in [7, 11) is 1.27. The summed E-state index contributed by atoms with van der Waals surface area (Å²) in [6, 6.07) is 8.31. The summed E-state index contributed by atoms with van der Waals surface area (Å²) in [6.07, 6.45) is 0.730. The van der Waals surface area contributed by atoms with Crippen LogP contribution in [0.1, 0.15) is 5.56 Å². The Kier molecular flexibility index (Phi) is 4.01. The molecule has 0 spiro atoms. The third-order valence-corrected chi connectivity index (χ3v) is 3.91. The van der Waals surface area contributed by atoms with Gasteiger partial charge in [0.2, 0.25) is 5.91 Å². The minimum absolute atomic E-state index is 0.130. The van der Waals surface area contributed by atoms with Crippen molar-refractivity contribution in [3.05, 3.63) is 47.5 Å². The van der Waals surface area contributed by atoms with Crippen LogP contribution in [0.25, 0.3) is 0 Å². The normalized spacial score (nSPS) is 23.8. The number of fused-ring (bicyclic) bond motifs is 1. The molecule has 0 aliphatic carbocycles. The van der Waals surface area contributed by atoms with Crippen molar-refractivity contribution in [1.82, 2.24) is 10.2 Å². The Morgan fingerprint density at radius 1 is 1.35 bits per heavy atom. The lowest BCUT2D eigenvalue weighted by molar-refractivity contribution is -0.135. The van der Waals surface area contributed by atoms with Crippen LogP contribution >= 0.6 is 0 Å².